The molecule has 2 atom stereocenters. The molecule has 12 heteroatoms. The Balaban J connectivity index is 2.33. The maximum Gasteiger partial charge on any atom is 0.261 e. The standard InChI is InChI=1S/C20H29F2N5O3S2/c1-13(2)10-16(11-28)23-17-24-18(27-32(29,30)12-20(4,21)22)26-19(25-17)31-14(3)15-8-6-5-7-9-15/h5-9,13-14,16,28H,10-12H2,1-4H3,(H2,23,24,25,26,27)/t14?,16-/m1/s1. The van der Waals surface area contributed by atoms with Gasteiger partial charge in [0.25, 0.3) is 5.92 Å². The molecule has 0 radical (unpaired) electrons. The van der Waals surface area contributed by atoms with Crippen LogP contribution in [0.3, 0.4) is 0 Å². The van der Waals surface area contributed by atoms with E-state index in [9.17, 15) is 22.3 Å². The van der Waals surface area contributed by atoms with Crippen LogP contribution in [-0.4, -0.2) is 52.8 Å². The van der Waals surface area contributed by atoms with Gasteiger partial charge in [0.1, 0.15) is 5.75 Å². The van der Waals surface area contributed by atoms with Crippen molar-refractivity contribution in [2.24, 2.45) is 5.92 Å². The van der Waals surface area contributed by atoms with E-state index in [1.54, 1.807) is 0 Å². The molecule has 2 rings (SSSR count). The zero-order valence-electron chi connectivity index (χ0n) is 18.4. The monoisotopic (exact) mass is 489 g/mol. The van der Waals surface area contributed by atoms with Crippen LogP contribution in [0.5, 0.6) is 0 Å². The third kappa shape index (κ3) is 9.21. The minimum atomic E-state index is -4.40. The van der Waals surface area contributed by atoms with Gasteiger partial charge < -0.3 is 10.4 Å². The number of thioether (sulfide) groups is 1. The fraction of sp³-hybridized carbons (Fsp3) is 0.550. The highest BCUT2D eigenvalue weighted by Crippen LogP contribution is 2.33. The van der Waals surface area contributed by atoms with Gasteiger partial charge in [0.05, 0.1) is 12.6 Å². The first kappa shape index (κ1) is 26.2. The van der Waals surface area contributed by atoms with E-state index in [-0.39, 0.29) is 40.9 Å². The van der Waals surface area contributed by atoms with E-state index in [4.69, 9.17) is 0 Å². The van der Waals surface area contributed by atoms with Crippen molar-refractivity contribution in [3.63, 3.8) is 0 Å². The Morgan fingerprint density at radius 2 is 1.72 bits per heavy atom. The predicted molar refractivity (Wildman–Crippen MR) is 123 cm³/mol. The van der Waals surface area contributed by atoms with E-state index in [2.05, 4.69) is 20.3 Å². The van der Waals surface area contributed by atoms with Crippen molar-refractivity contribution in [3.8, 4) is 0 Å². The number of nitrogens with one attached hydrogen (secondary N) is 2. The summed E-state index contributed by atoms with van der Waals surface area (Å²) < 4.78 is 52.8. The Kier molecular flexibility index (Phi) is 9.17. The lowest BCUT2D eigenvalue weighted by Gasteiger charge is -2.19. The van der Waals surface area contributed by atoms with E-state index >= 15 is 0 Å². The molecule has 0 fully saturated rings. The summed E-state index contributed by atoms with van der Waals surface area (Å²) in [7, 11) is -4.40. The fourth-order valence-electron chi connectivity index (χ4n) is 2.91. The summed E-state index contributed by atoms with van der Waals surface area (Å²) in [5.74, 6) is -4.86. The van der Waals surface area contributed by atoms with Crippen molar-refractivity contribution >= 4 is 33.7 Å². The molecule has 0 saturated heterocycles. The smallest absolute Gasteiger partial charge is 0.261 e. The maximum absolute atomic E-state index is 13.3. The summed E-state index contributed by atoms with van der Waals surface area (Å²) in [6.45, 7) is 6.26. The molecule has 2 aromatic rings. The van der Waals surface area contributed by atoms with E-state index in [1.165, 1.54) is 11.8 Å². The average molecular weight is 490 g/mol. The lowest BCUT2D eigenvalue weighted by Crippen LogP contribution is -2.30. The number of alkyl halides is 2. The largest absolute Gasteiger partial charge is 0.394 e. The molecule has 0 bridgehead atoms. The number of anilines is 2. The molecular formula is C20H29F2N5O3S2. The van der Waals surface area contributed by atoms with Crippen LogP contribution in [0.15, 0.2) is 35.5 Å². The van der Waals surface area contributed by atoms with Crippen molar-refractivity contribution in [1.29, 1.82) is 0 Å². The number of nitrogens with zero attached hydrogens (tertiary/aromatic N) is 3. The summed E-state index contributed by atoms with van der Waals surface area (Å²) in [6.07, 6.45) is 0.619. The van der Waals surface area contributed by atoms with Crippen LogP contribution in [0, 0.1) is 5.92 Å². The SMILES string of the molecule is CC(C)C[C@H](CO)Nc1nc(NS(=O)(=O)CC(C)(F)F)nc(SC(C)c2ccccc2)n1. The van der Waals surface area contributed by atoms with Crippen LogP contribution in [0.1, 0.15) is 44.9 Å². The zero-order chi connectivity index (χ0) is 23.9. The van der Waals surface area contributed by atoms with Gasteiger partial charge in [0, 0.05) is 12.2 Å². The van der Waals surface area contributed by atoms with Gasteiger partial charge in [-0.05, 0) is 24.8 Å². The van der Waals surface area contributed by atoms with Crippen molar-refractivity contribution < 1.29 is 22.3 Å². The van der Waals surface area contributed by atoms with Crippen LogP contribution < -0.4 is 10.0 Å². The topological polar surface area (TPSA) is 117 Å². The fourth-order valence-corrected chi connectivity index (χ4v) is 4.91. The molecule has 0 aliphatic carbocycles. The summed E-state index contributed by atoms with van der Waals surface area (Å²) in [4.78, 5) is 12.5. The summed E-state index contributed by atoms with van der Waals surface area (Å²) in [5.41, 5.74) is 1.01. The average Bonchev–Trinajstić information content (AvgIpc) is 2.65. The number of rotatable bonds is 12. The Labute approximate surface area is 191 Å². The number of aliphatic hydroxyl groups is 1. The van der Waals surface area contributed by atoms with Crippen LogP contribution in [0.25, 0.3) is 0 Å². The minimum Gasteiger partial charge on any atom is -0.394 e. The number of hydrogen-bond donors (Lipinski definition) is 3. The molecule has 178 valence electrons. The van der Waals surface area contributed by atoms with Crippen LogP contribution in [0.2, 0.25) is 0 Å². The molecule has 1 heterocycles. The molecule has 0 aliphatic rings. The zero-order valence-corrected chi connectivity index (χ0v) is 20.1. The number of hydrogen-bond acceptors (Lipinski definition) is 8. The molecule has 0 amide bonds. The van der Waals surface area contributed by atoms with Crippen LogP contribution >= 0.6 is 11.8 Å². The number of sulfonamides is 1. The minimum absolute atomic E-state index is 0.0448. The number of aromatic nitrogens is 3. The molecular weight excluding hydrogens is 460 g/mol. The van der Waals surface area contributed by atoms with Gasteiger partial charge in [-0.1, -0.05) is 55.9 Å². The second kappa shape index (κ2) is 11.2. The summed E-state index contributed by atoms with van der Waals surface area (Å²) in [6, 6.07) is 9.20. The first-order valence-electron chi connectivity index (χ1n) is 10.1. The lowest BCUT2D eigenvalue weighted by atomic mass is 10.0. The molecule has 3 N–H and O–H groups in total. The highest BCUT2D eigenvalue weighted by Gasteiger charge is 2.31. The van der Waals surface area contributed by atoms with Crippen LogP contribution in [0.4, 0.5) is 20.7 Å². The quantitative estimate of drug-likeness (QED) is 0.384. The van der Waals surface area contributed by atoms with Gasteiger partial charge in [-0.2, -0.15) is 15.0 Å². The molecule has 0 spiro atoms. The van der Waals surface area contributed by atoms with Gasteiger partial charge in [-0.3, -0.25) is 4.72 Å². The molecule has 8 nitrogen and oxygen atoms in total. The molecule has 32 heavy (non-hydrogen) atoms. The molecule has 0 aliphatic heterocycles. The van der Waals surface area contributed by atoms with E-state index < -0.39 is 21.7 Å². The van der Waals surface area contributed by atoms with Gasteiger partial charge in [0.2, 0.25) is 21.9 Å². The van der Waals surface area contributed by atoms with Gasteiger partial charge in [-0.15, -0.1) is 0 Å². The molecule has 1 aromatic carbocycles. The third-order valence-electron chi connectivity index (χ3n) is 4.17. The second-order valence-electron chi connectivity index (χ2n) is 8.02. The molecule has 1 aromatic heterocycles. The Morgan fingerprint density at radius 3 is 2.28 bits per heavy atom. The Morgan fingerprint density at radius 1 is 1.09 bits per heavy atom. The first-order chi connectivity index (χ1) is 14.9. The summed E-state index contributed by atoms with van der Waals surface area (Å²) >= 11 is 1.27. The van der Waals surface area contributed by atoms with Gasteiger partial charge >= 0.3 is 0 Å². The number of benzene rings is 1. The first-order valence-corrected chi connectivity index (χ1v) is 12.6. The maximum atomic E-state index is 13.3. The van der Waals surface area contributed by atoms with E-state index in [0.717, 1.165) is 5.56 Å². The highest BCUT2D eigenvalue weighted by molar-refractivity contribution is 7.99. The molecule has 0 saturated carbocycles. The Hall–Kier alpha value is -2.05. The van der Waals surface area contributed by atoms with E-state index in [0.29, 0.717) is 13.3 Å². The van der Waals surface area contributed by atoms with Crippen LogP contribution in [-0.2, 0) is 10.0 Å². The normalized spacial score (nSPS) is 14.2. The third-order valence-corrected chi connectivity index (χ3v) is 6.57. The second-order valence-corrected chi connectivity index (χ2v) is 11.1. The van der Waals surface area contributed by atoms with Gasteiger partial charge in [-0.25, -0.2) is 17.2 Å². The van der Waals surface area contributed by atoms with Crippen molar-refractivity contribution in [1.82, 2.24) is 15.0 Å². The predicted octanol–water partition coefficient (Wildman–Crippen LogP) is 3.94. The Bertz CT molecular complexity index is 973. The number of aliphatic hydroxyl groups excluding tert-OH is 1. The number of halogens is 2. The molecule has 1 unspecified atom stereocenters. The lowest BCUT2D eigenvalue weighted by molar-refractivity contribution is 0.0475. The van der Waals surface area contributed by atoms with Gasteiger partial charge in [0.15, 0.2) is 5.16 Å². The highest BCUT2D eigenvalue weighted by atomic mass is 32.2. The van der Waals surface area contributed by atoms with E-state index in [1.807, 2.05) is 55.8 Å². The van der Waals surface area contributed by atoms with Crippen molar-refractivity contribution in [2.45, 2.75) is 56.5 Å². The van der Waals surface area contributed by atoms with Crippen molar-refractivity contribution in [2.75, 3.05) is 22.4 Å². The van der Waals surface area contributed by atoms with Crippen molar-refractivity contribution in [3.05, 3.63) is 35.9 Å². The summed E-state index contributed by atoms with van der Waals surface area (Å²) in [5, 5.41) is 12.8.